The number of benzene rings is 1. The molecule has 4 heterocycles. The van der Waals surface area contributed by atoms with Gasteiger partial charge in [-0.15, -0.1) is 0 Å². The predicted molar refractivity (Wildman–Crippen MR) is 141 cm³/mol. The van der Waals surface area contributed by atoms with E-state index in [-0.39, 0.29) is 12.2 Å². The van der Waals surface area contributed by atoms with E-state index in [0.717, 1.165) is 34.6 Å². The minimum Gasteiger partial charge on any atom is -0.324 e. The van der Waals surface area contributed by atoms with Crippen LogP contribution in [0.2, 0.25) is 0 Å². The standard InChI is InChI=1S/C24H36N3O3PS2/c25-24(21-6-9-26-22-5-2-1-4-20(21)22)23-16-18-7-10-27(23)17-19(18)8-13-33-15-14-32-12-3-11-31(28,29)30/h1-2,4-6,9,18-19,23-24H,3,7-8,10-17,25H2,(H2,28,29,30)/t18-,19-,23-,24-/m0/s1. The number of pyridine rings is 1. The van der Waals surface area contributed by atoms with Crippen molar-refractivity contribution in [2.75, 3.05) is 42.3 Å². The van der Waals surface area contributed by atoms with E-state index in [9.17, 15) is 4.57 Å². The molecular weight excluding hydrogens is 473 g/mol. The number of aromatic nitrogens is 1. The van der Waals surface area contributed by atoms with E-state index in [1.165, 1.54) is 49.1 Å². The van der Waals surface area contributed by atoms with E-state index < -0.39 is 7.60 Å². The minimum absolute atomic E-state index is 0.00868. The van der Waals surface area contributed by atoms with E-state index in [4.69, 9.17) is 15.5 Å². The number of piperidine rings is 3. The summed E-state index contributed by atoms with van der Waals surface area (Å²) < 4.78 is 10.9. The zero-order valence-corrected chi connectivity index (χ0v) is 21.6. The van der Waals surface area contributed by atoms with Crippen LogP contribution in [-0.2, 0) is 4.57 Å². The van der Waals surface area contributed by atoms with Gasteiger partial charge in [-0.1, -0.05) is 18.2 Å². The SMILES string of the molecule is N[C@@H](c1ccnc2ccccc12)[C@@H]1C[C@@H]2CCN1C[C@@H]2CCSCCSCCCP(=O)(O)O. The summed E-state index contributed by atoms with van der Waals surface area (Å²) in [4.78, 5) is 24.9. The molecule has 3 aliphatic rings. The normalized spacial score (nSPS) is 26.0. The lowest BCUT2D eigenvalue weighted by Crippen LogP contribution is -2.56. The Morgan fingerprint density at radius 3 is 2.70 bits per heavy atom. The van der Waals surface area contributed by atoms with Crippen molar-refractivity contribution in [3.63, 3.8) is 0 Å². The molecule has 2 bridgehead atoms. The van der Waals surface area contributed by atoms with Gasteiger partial charge in [0.2, 0.25) is 0 Å². The van der Waals surface area contributed by atoms with Crippen LogP contribution >= 0.6 is 31.1 Å². The van der Waals surface area contributed by atoms with Crippen LogP contribution in [0, 0.1) is 11.8 Å². The molecule has 0 saturated carbocycles. The quantitative estimate of drug-likeness (QED) is 0.287. The highest BCUT2D eigenvalue weighted by Crippen LogP contribution is 2.42. The minimum atomic E-state index is -3.83. The monoisotopic (exact) mass is 509 g/mol. The van der Waals surface area contributed by atoms with Crippen molar-refractivity contribution >= 4 is 42.0 Å². The Bertz CT molecular complexity index is 954. The van der Waals surface area contributed by atoms with Gasteiger partial charge in [-0.3, -0.25) is 14.4 Å². The molecule has 182 valence electrons. The Hall–Kier alpha value is -0.600. The van der Waals surface area contributed by atoms with Crippen LogP contribution < -0.4 is 5.73 Å². The van der Waals surface area contributed by atoms with Crippen molar-refractivity contribution in [2.24, 2.45) is 17.6 Å². The highest BCUT2D eigenvalue weighted by atomic mass is 32.2. The van der Waals surface area contributed by atoms with Gasteiger partial charge in [-0.25, -0.2) is 0 Å². The van der Waals surface area contributed by atoms with Crippen molar-refractivity contribution in [2.45, 2.75) is 37.8 Å². The summed E-state index contributed by atoms with van der Waals surface area (Å²) in [5.74, 6) is 5.76. The zero-order valence-electron chi connectivity index (χ0n) is 19.1. The molecular formula is C24H36N3O3PS2. The highest BCUT2D eigenvalue weighted by Gasteiger charge is 2.42. The van der Waals surface area contributed by atoms with Gasteiger partial charge in [0, 0.05) is 41.7 Å². The Balaban J connectivity index is 1.19. The first-order valence-corrected chi connectivity index (χ1v) is 16.1. The Morgan fingerprint density at radius 2 is 1.94 bits per heavy atom. The van der Waals surface area contributed by atoms with Gasteiger partial charge < -0.3 is 15.5 Å². The molecule has 1 aromatic carbocycles. The number of thioether (sulfide) groups is 2. The fourth-order valence-corrected chi connectivity index (χ4v) is 8.38. The summed E-state index contributed by atoms with van der Waals surface area (Å²) in [6.45, 7) is 2.34. The van der Waals surface area contributed by atoms with Crippen LogP contribution in [0.1, 0.15) is 37.3 Å². The molecule has 33 heavy (non-hydrogen) atoms. The molecule has 1 aromatic heterocycles. The van der Waals surface area contributed by atoms with E-state index in [0.29, 0.717) is 12.5 Å². The molecule has 5 atom stereocenters. The average molecular weight is 510 g/mol. The second-order valence-electron chi connectivity index (χ2n) is 9.31. The van der Waals surface area contributed by atoms with Gasteiger partial charge in [-0.05, 0) is 73.3 Å². The van der Waals surface area contributed by atoms with Crippen LogP contribution in [0.3, 0.4) is 0 Å². The third-order valence-corrected chi connectivity index (χ3v) is 10.4. The number of rotatable bonds is 12. The maximum absolute atomic E-state index is 10.9. The molecule has 0 amide bonds. The lowest BCUT2D eigenvalue weighted by molar-refractivity contribution is -0.0101. The van der Waals surface area contributed by atoms with Gasteiger partial charge in [0.15, 0.2) is 0 Å². The molecule has 1 unspecified atom stereocenters. The number of hydrogen-bond acceptors (Lipinski definition) is 6. The fourth-order valence-electron chi connectivity index (χ4n) is 5.43. The van der Waals surface area contributed by atoms with Gasteiger partial charge in [0.25, 0.3) is 0 Å². The lowest BCUT2D eigenvalue weighted by Gasteiger charge is -2.52. The first-order valence-electron chi connectivity index (χ1n) is 12.0. The van der Waals surface area contributed by atoms with E-state index in [1.807, 2.05) is 24.0 Å². The summed E-state index contributed by atoms with van der Waals surface area (Å²) >= 11 is 3.82. The number of hydrogen-bond donors (Lipinski definition) is 3. The number of nitrogens with zero attached hydrogens (tertiary/aromatic N) is 2. The molecule has 6 nitrogen and oxygen atoms in total. The Kier molecular flexibility index (Phi) is 9.19. The molecule has 3 saturated heterocycles. The second-order valence-corrected chi connectivity index (χ2v) is 13.5. The molecule has 5 rings (SSSR count). The molecule has 4 N–H and O–H groups in total. The van der Waals surface area contributed by atoms with Crippen molar-refractivity contribution in [3.05, 3.63) is 42.1 Å². The molecule has 0 aliphatic carbocycles. The van der Waals surface area contributed by atoms with Crippen molar-refractivity contribution < 1.29 is 14.4 Å². The molecule has 0 radical (unpaired) electrons. The summed E-state index contributed by atoms with van der Waals surface area (Å²) in [6.07, 6.45) is 6.26. The van der Waals surface area contributed by atoms with Crippen LogP contribution in [0.15, 0.2) is 36.5 Å². The smallest absolute Gasteiger partial charge is 0.324 e. The molecule has 2 aromatic rings. The summed E-state index contributed by atoms with van der Waals surface area (Å²) in [7, 11) is -3.83. The number of fused-ring (bicyclic) bond motifs is 4. The average Bonchev–Trinajstić information content (AvgIpc) is 2.82. The summed E-state index contributed by atoms with van der Waals surface area (Å²) in [6, 6.07) is 10.9. The van der Waals surface area contributed by atoms with E-state index >= 15 is 0 Å². The predicted octanol–water partition coefficient (Wildman–Crippen LogP) is 4.37. The van der Waals surface area contributed by atoms with Gasteiger partial charge in [0.1, 0.15) is 0 Å². The maximum Gasteiger partial charge on any atom is 0.325 e. The van der Waals surface area contributed by atoms with Crippen LogP contribution in [0.5, 0.6) is 0 Å². The molecule has 9 heteroatoms. The highest BCUT2D eigenvalue weighted by molar-refractivity contribution is 8.02. The van der Waals surface area contributed by atoms with E-state index in [2.05, 4.69) is 34.1 Å². The lowest BCUT2D eigenvalue weighted by atomic mass is 9.72. The Morgan fingerprint density at radius 1 is 1.15 bits per heavy atom. The second kappa shape index (κ2) is 11.9. The zero-order chi connectivity index (χ0) is 23.3. The third-order valence-electron chi connectivity index (χ3n) is 7.14. The summed E-state index contributed by atoms with van der Waals surface area (Å²) in [5, 5.41) is 1.18. The van der Waals surface area contributed by atoms with Crippen LogP contribution in [0.4, 0.5) is 0 Å². The van der Waals surface area contributed by atoms with Crippen molar-refractivity contribution in [1.82, 2.24) is 9.88 Å². The maximum atomic E-state index is 10.9. The topological polar surface area (TPSA) is 99.7 Å². The van der Waals surface area contributed by atoms with Crippen molar-refractivity contribution in [3.8, 4) is 0 Å². The van der Waals surface area contributed by atoms with Crippen LogP contribution in [-0.4, -0.2) is 68.0 Å². The first-order chi connectivity index (χ1) is 15.9. The number of nitrogens with two attached hydrogens (primary N) is 1. The van der Waals surface area contributed by atoms with Gasteiger partial charge >= 0.3 is 7.60 Å². The molecule has 3 aliphatic heterocycles. The first kappa shape index (κ1) is 25.5. The van der Waals surface area contributed by atoms with Crippen LogP contribution in [0.25, 0.3) is 10.9 Å². The molecule has 3 fully saturated rings. The third kappa shape index (κ3) is 6.97. The van der Waals surface area contributed by atoms with Crippen molar-refractivity contribution in [1.29, 1.82) is 0 Å². The van der Waals surface area contributed by atoms with Gasteiger partial charge in [0.05, 0.1) is 11.7 Å². The fraction of sp³-hybridized carbons (Fsp3) is 0.625. The largest absolute Gasteiger partial charge is 0.325 e. The Labute approximate surface area is 205 Å². The van der Waals surface area contributed by atoms with Gasteiger partial charge in [-0.2, -0.15) is 23.5 Å². The number of para-hydroxylation sites is 1. The molecule has 0 spiro atoms. The van der Waals surface area contributed by atoms with E-state index in [1.54, 1.807) is 11.8 Å². The summed E-state index contributed by atoms with van der Waals surface area (Å²) in [5.41, 5.74) is 9.11.